The molecule has 0 spiro atoms. The predicted octanol–water partition coefficient (Wildman–Crippen LogP) is 1.82. The number of rotatable bonds is 3. The Balaban J connectivity index is 1.28. The molecule has 1 N–H and O–H groups in total. The highest BCUT2D eigenvalue weighted by atomic mass is 16.3. The Kier molecular flexibility index (Phi) is 4.29. The highest BCUT2D eigenvalue weighted by Crippen LogP contribution is 2.45. The lowest BCUT2D eigenvalue weighted by Crippen LogP contribution is -2.53. The summed E-state index contributed by atoms with van der Waals surface area (Å²) >= 11 is 0. The summed E-state index contributed by atoms with van der Waals surface area (Å²) in [6, 6.07) is 8.93. The summed E-state index contributed by atoms with van der Waals surface area (Å²) in [6.45, 7) is 1.99. The number of carbonyl (C=O) groups is 1. The van der Waals surface area contributed by atoms with Gasteiger partial charge >= 0.3 is 0 Å². The number of aryl methyl sites for hydroxylation is 1. The van der Waals surface area contributed by atoms with E-state index in [-0.39, 0.29) is 18.0 Å². The molecule has 2 aromatic rings. The lowest BCUT2D eigenvalue weighted by atomic mass is 9.85. The first-order valence-electron chi connectivity index (χ1n) is 10.3. The van der Waals surface area contributed by atoms with E-state index in [0.29, 0.717) is 19.4 Å². The third-order valence-corrected chi connectivity index (χ3v) is 6.96. The maximum atomic E-state index is 13.0. The first kappa shape index (κ1) is 17.9. The van der Waals surface area contributed by atoms with E-state index >= 15 is 0 Å². The number of nitrogens with zero attached hydrogens (tertiary/aromatic N) is 4. The van der Waals surface area contributed by atoms with Gasteiger partial charge in [0.2, 0.25) is 5.91 Å². The second-order valence-corrected chi connectivity index (χ2v) is 8.69. The Bertz CT molecular complexity index is 878. The van der Waals surface area contributed by atoms with Crippen molar-refractivity contribution in [2.45, 2.75) is 56.3 Å². The van der Waals surface area contributed by atoms with Crippen LogP contribution in [0.25, 0.3) is 0 Å². The fraction of sp³-hybridized carbons (Fsp3) is 0.545. The summed E-state index contributed by atoms with van der Waals surface area (Å²) in [5, 5.41) is 11.3. The Morgan fingerprint density at radius 3 is 2.61 bits per heavy atom. The molecule has 2 atom stereocenters. The van der Waals surface area contributed by atoms with E-state index in [4.69, 9.17) is 0 Å². The summed E-state index contributed by atoms with van der Waals surface area (Å²) in [4.78, 5) is 21.8. The molecule has 3 aliphatic rings. The molecule has 2 saturated heterocycles. The fourth-order valence-electron chi connectivity index (χ4n) is 5.54. The van der Waals surface area contributed by atoms with Gasteiger partial charge in [-0.25, -0.2) is 4.98 Å². The van der Waals surface area contributed by atoms with Crippen molar-refractivity contribution in [3.8, 4) is 0 Å². The van der Waals surface area contributed by atoms with Crippen LogP contribution in [0.5, 0.6) is 0 Å². The normalized spacial score (nSPS) is 29.7. The van der Waals surface area contributed by atoms with Gasteiger partial charge in [-0.3, -0.25) is 9.69 Å². The highest BCUT2D eigenvalue weighted by Gasteiger charge is 2.50. The molecule has 6 nitrogen and oxygen atoms in total. The van der Waals surface area contributed by atoms with Gasteiger partial charge in [-0.2, -0.15) is 0 Å². The molecular weight excluding hydrogens is 352 g/mol. The third kappa shape index (κ3) is 2.95. The quantitative estimate of drug-likeness (QED) is 0.882. The molecule has 6 heteroatoms. The van der Waals surface area contributed by atoms with E-state index in [9.17, 15) is 9.90 Å². The van der Waals surface area contributed by atoms with Crippen molar-refractivity contribution >= 4 is 5.91 Å². The number of hydrogen-bond donors (Lipinski definition) is 1. The lowest BCUT2D eigenvalue weighted by Gasteiger charge is -2.43. The molecule has 28 heavy (non-hydrogen) atoms. The van der Waals surface area contributed by atoms with Gasteiger partial charge in [-0.05, 0) is 43.2 Å². The standard InChI is InChI=1S/C22H28N4O2/c1-24-11-9-23-21(24)22(28)12-18-6-7-19(13-22)26(18)15-20(27)25-10-8-16-4-2-3-5-17(16)14-25/h2-5,9,11,18-19,28H,6-8,10,12-15H2,1H3/t18-,19-/m0/s1. The van der Waals surface area contributed by atoms with Gasteiger partial charge in [0.25, 0.3) is 0 Å². The van der Waals surface area contributed by atoms with Gasteiger partial charge in [0.05, 0.1) is 6.54 Å². The van der Waals surface area contributed by atoms with Gasteiger partial charge in [0, 0.05) is 44.6 Å². The molecule has 2 fully saturated rings. The SMILES string of the molecule is Cn1ccnc1C1(O)C[C@@H]2CC[C@@H](C1)N2CC(=O)N1CCc2ccccc2C1. The molecule has 148 valence electrons. The minimum atomic E-state index is -0.881. The summed E-state index contributed by atoms with van der Waals surface area (Å²) in [5.74, 6) is 0.969. The van der Waals surface area contributed by atoms with Crippen molar-refractivity contribution in [2.75, 3.05) is 13.1 Å². The van der Waals surface area contributed by atoms with Crippen LogP contribution >= 0.6 is 0 Å². The maximum absolute atomic E-state index is 13.0. The van der Waals surface area contributed by atoms with Crippen LogP contribution in [0.3, 0.4) is 0 Å². The average Bonchev–Trinajstić information content (AvgIpc) is 3.23. The summed E-state index contributed by atoms with van der Waals surface area (Å²) in [5.41, 5.74) is 1.76. The zero-order valence-electron chi connectivity index (χ0n) is 16.4. The van der Waals surface area contributed by atoms with Crippen molar-refractivity contribution < 1.29 is 9.90 Å². The van der Waals surface area contributed by atoms with Crippen LogP contribution in [0.4, 0.5) is 0 Å². The minimum Gasteiger partial charge on any atom is -0.382 e. The molecule has 3 aliphatic heterocycles. The molecule has 2 bridgehead atoms. The van der Waals surface area contributed by atoms with Crippen molar-refractivity contribution in [1.82, 2.24) is 19.4 Å². The van der Waals surface area contributed by atoms with Gasteiger partial charge in [-0.15, -0.1) is 0 Å². The monoisotopic (exact) mass is 380 g/mol. The number of hydrogen-bond acceptors (Lipinski definition) is 4. The van der Waals surface area contributed by atoms with Gasteiger partial charge < -0.3 is 14.6 Å². The van der Waals surface area contributed by atoms with E-state index in [1.54, 1.807) is 6.20 Å². The zero-order valence-corrected chi connectivity index (χ0v) is 16.4. The van der Waals surface area contributed by atoms with Crippen molar-refractivity contribution in [2.24, 2.45) is 7.05 Å². The van der Waals surface area contributed by atoms with Crippen LogP contribution in [0.2, 0.25) is 0 Å². The van der Waals surface area contributed by atoms with Crippen molar-refractivity contribution in [3.63, 3.8) is 0 Å². The van der Waals surface area contributed by atoms with Crippen molar-refractivity contribution in [3.05, 3.63) is 53.6 Å². The number of carbonyl (C=O) groups excluding carboxylic acids is 1. The Morgan fingerprint density at radius 2 is 1.93 bits per heavy atom. The van der Waals surface area contributed by atoms with Gasteiger partial charge in [-0.1, -0.05) is 24.3 Å². The maximum Gasteiger partial charge on any atom is 0.237 e. The molecular formula is C22H28N4O2. The van der Waals surface area contributed by atoms with Crippen LogP contribution in [0.1, 0.15) is 42.6 Å². The molecule has 4 heterocycles. The van der Waals surface area contributed by atoms with Crippen molar-refractivity contribution in [1.29, 1.82) is 0 Å². The summed E-state index contributed by atoms with van der Waals surface area (Å²) in [6.07, 6.45) is 7.99. The Labute approximate surface area is 165 Å². The fourth-order valence-corrected chi connectivity index (χ4v) is 5.54. The molecule has 0 radical (unpaired) electrons. The number of aliphatic hydroxyl groups is 1. The molecule has 5 rings (SSSR count). The molecule has 0 saturated carbocycles. The number of piperidine rings is 1. The van der Waals surface area contributed by atoms with Crippen LogP contribution in [-0.4, -0.2) is 55.5 Å². The summed E-state index contributed by atoms with van der Waals surface area (Å²) < 4.78 is 1.92. The summed E-state index contributed by atoms with van der Waals surface area (Å²) in [7, 11) is 1.94. The topological polar surface area (TPSA) is 61.6 Å². The van der Waals surface area contributed by atoms with Crippen LogP contribution in [-0.2, 0) is 30.4 Å². The minimum absolute atomic E-state index is 0.217. The molecule has 0 unspecified atom stereocenters. The number of aromatic nitrogens is 2. The Morgan fingerprint density at radius 1 is 1.21 bits per heavy atom. The van der Waals surface area contributed by atoms with Crippen LogP contribution in [0, 0.1) is 0 Å². The molecule has 1 amide bonds. The van der Waals surface area contributed by atoms with Crippen LogP contribution < -0.4 is 0 Å². The third-order valence-electron chi connectivity index (χ3n) is 6.96. The smallest absolute Gasteiger partial charge is 0.237 e. The highest BCUT2D eigenvalue weighted by molar-refractivity contribution is 5.78. The first-order chi connectivity index (χ1) is 13.5. The second-order valence-electron chi connectivity index (χ2n) is 8.69. The van der Waals surface area contributed by atoms with Crippen LogP contribution in [0.15, 0.2) is 36.7 Å². The number of imidazole rings is 1. The predicted molar refractivity (Wildman–Crippen MR) is 105 cm³/mol. The average molecular weight is 380 g/mol. The number of fused-ring (bicyclic) bond motifs is 3. The van der Waals surface area contributed by atoms with Gasteiger partial charge in [0.1, 0.15) is 11.4 Å². The van der Waals surface area contributed by atoms with Gasteiger partial charge in [0.15, 0.2) is 0 Å². The molecule has 1 aromatic carbocycles. The largest absolute Gasteiger partial charge is 0.382 e. The van der Waals surface area contributed by atoms with E-state index in [1.165, 1.54) is 11.1 Å². The van der Waals surface area contributed by atoms with E-state index in [2.05, 4.69) is 34.1 Å². The molecule has 0 aliphatic carbocycles. The lowest BCUT2D eigenvalue weighted by molar-refractivity contribution is -0.137. The molecule has 1 aromatic heterocycles. The Hall–Kier alpha value is -2.18. The zero-order chi connectivity index (χ0) is 19.3. The number of benzene rings is 1. The number of amides is 1. The van der Waals surface area contributed by atoms with E-state index in [0.717, 1.165) is 38.2 Å². The van der Waals surface area contributed by atoms with E-state index in [1.807, 2.05) is 22.7 Å². The van der Waals surface area contributed by atoms with E-state index < -0.39 is 5.60 Å². The second kappa shape index (κ2) is 6.71. The first-order valence-corrected chi connectivity index (χ1v) is 10.3.